The minimum absolute atomic E-state index is 0.0428. The number of nitrogens with zero attached hydrogens (tertiary/aromatic N) is 4. The SMILES string of the molecule is Cc1ccc2nc(CN3C[C@H](C(=O)N4CCCCC4)Oc4ccccc43)cc(=O)n2c1. The highest BCUT2D eigenvalue weighted by Crippen LogP contribution is 2.34. The van der Waals surface area contributed by atoms with E-state index in [0.29, 0.717) is 30.2 Å². The molecule has 7 heteroatoms. The molecule has 4 heterocycles. The fourth-order valence-electron chi connectivity index (χ4n) is 4.44. The van der Waals surface area contributed by atoms with Crippen molar-refractivity contribution in [1.82, 2.24) is 14.3 Å². The lowest BCUT2D eigenvalue weighted by Crippen LogP contribution is -2.51. The lowest BCUT2D eigenvalue weighted by molar-refractivity contribution is -0.139. The fourth-order valence-corrected chi connectivity index (χ4v) is 4.44. The third-order valence-electron chi connectivity index (χ3n) is 6.02. The number of aromatic nitrogens is 2. The first-order valence-electron chi connectivity index (χ1n) is 10.9. The number of amides is 1. The Kier molecular flexibility index (Phi) is 5.10. The van der Waals surface area contributed by atoms with Gasteiger partial charge in [0.2, 0.25) is 0 Å². The molecular weight excluding hydrogens is 392 g/mol. The number of hydrogen-bond acceptors (Lipinski definition) is 5. The summed E-state index contributed by atoms with van der Waals surface area (Å²) in [5, 5.41) is 0. The lowest BCUT2D eigenvalue weighted by Gasteiger charge is -2.38. The van der Waals surface area contributed by atoms with Crippen molar-refractivity contribution >= 4 is 17.2 Å². The van der Waals surface area contributed by atoms with E-state index in [1.165, 1.54) is 6.42 Å². The van der Waals surface area contributed by atoms with Gasteiger partial charge in [0.15, 0.2) is 6.10 Å². The number of anilines is 1. The number of carbonyl (C=O) groups excluding carboxylic acids is 1. The molecule has 1 atom stereocenters. The molecule has 0 radical (unpaired) electrons. The van der Waals surface area contributed by atoms with Crippen LogP contribution in [0.2, 0.25) is 0 Å². The van der Waals surface area contributed by atoms with E-state index >= 15 is 0 Å². The third kappa shape index (κ3) is 3.87. The average Bonchev–Trinajstić information content (AvgIpc) is 2.79. The van der Waals surface area contributed by atoms with Gasteiger partial charge in [0.1, 0.15) is 11.4 Å². The number of fused-ring (bicyclic) bond motifs is 2. The number of piperidine rings is 1. The predicted molar refractivity (Wildman–Crippen MR) is 119 cm³/mol. The van der Waals surface area contributed by atoms with Gasteiger partial charge in [-0.1, -0.05) is 18.2 Å². The number of para-hydroxylation sites is 2. The summed E-state index contributed by atoms with van der Waals surface area (Å²) in [6.07, 6.45) is 4.50. The first-order valence-corrected chi connectivity index (χ1v) is 10.9. The van der Waals surface area contributed by atoms with Crippen molar-refractivity contribution in [1.29, 1.82) is 0 Å². The number of ether oxygens (including phenoxy) is 1. The maximum Gasteiger partial charge on any atom is 0.265 e. The molecule has 0 saturated carbocycles. The number of carbonyl (C=O) groups is 1. The zero-order valence-corrected chi connectivity index (χ0v) is 17.7. The Morgan fingerprint density at radius 1 is 1.13 bits per heavy atom. The van der Waals surface area contributed by atoms with Crippen LogP contribution >= 0.6 is 0 Å². The van der Waals surface area contributed by atoms with Crippen molar-refractivity contribution in [3.63, 3.8) is 0 Å². The number of likely N-dealkylation sites (tertiary alicyclic amines) is 1. The molecule has 0 spiro atoms. The Morgan fingerprint density at radius 2 is 1.94 bits per heavy atom. The largest absolute Gasteiger partial charge is 0.477 e. The Morgan fingerprint density at radius 3 is 2.77 bits per heavy atom. The Balaban J connectivity index is 1.45. The van der Waals surface area contributed by atoms with Crippen molar-refractivity contribution in [2.24, 2.45) is 0 Å². The van der Waals surface area contributed by atoms with Crippen LogP contribution in [-0.2, 0) is 11.3 Å². The topological polar surface area (TPSA) is 67.2 Å². The van der Waals surface area contributed by atoms with Crippen molar-refractivity contribution in [2.75, 3.05) is 24.5 Å². The molecule has 1 amide bonds. The quantitative estimate of drug-likeness (QED) is 0.654. The molecular formula is C24H26N4O3. The summed E-state index contributed by atoms with van der Waals surface area (Å²) in [5.41, 5.74) is 3.11. The maximum atomic E-state index is 13.1. The van der Waals surface area contributed by atoms with Crippen molar-refractivity contribution in [2.45, 2.75) is 38.8 Å². The van der Waals surface area contributed by atoms with Crippen molar-refractivity contribution in [3.8, 4) is 5.75 Å². The van der Waals surface area contributed by atoms with Gasteiger partial charge in [0, 0.05) is 25.4 Å². The molecule has 0 aliphatic carbocycles. The van der Waals surface area contributed by atoms with Gasteiger partial charge >= 0.3 is 0 Å². The second kappa shape index (κ2) is 8.06. The third-order valence-corrected chi connectivity index (χ3v) is 6.02. The second-order valence-corrected chi connectivity index (χ2v) is 8.36. The van der Waals surface area contributed by atoms with Crippen LogP contribution in [0.4, 0.5) is 5.69 Å². The van der Waals surface area contributed by atoms with E-state index in [1.54, 1.807) is 16.7 Å². The summed E-state index contributed by atoms with van der Waals surface area (Å²) in [4.78, 5) is 34.5. The maximum absolute atomic E-state index is 13.1. The molecule has 3 aromatic rings. The molecule has 31 heavy (non-hydrogen) atoms. The van der Waals surface area contributed by atoms with E-state index < -0.39 is 6.10 Å². The number of hydrogen-bond donors (Lipinski definition) is 0. The standard InChI is InChI=1S/C24H26N4O3/c1-17-9-10-22-25-18(13-23(29)28(22)14-17)15-27-16-21(24(30)26-11-5-2-6-12-26)31-20-8-4-3-7-19(20)27/h3-4,7-10,13-14,21H,2,5-6,11-12,15-16H2,1H3/t21-/m1/s1. The van der Waals surface area contributed by atoms with Gasteiger partial charge in [-0.2, -0.15) is 0 Å². The summed E-state index contributed by atoms with van der Waals surface area (Å²) in [5.74, 6) is 0.735. The van der Waals surface area contributed by atoms with E-state index in [1.807, 2.05) is 48.2 Å². The van der Waals surface area contributed by atoms with Gasteiger partial charge in [-0.25, -0.2) is 4.98 Å². The summed E-state index contributed by atoms with van der Waals surface area (Å²) < 4.78 is 7.67. The first kappa shape index (κ1) is 19.6. The number of rotatable bonds is 3. The Hall–Kier alpha value is -3.35. The molecule has 0 bridgehead atoms. The van der Waals surface area contributed by atoms with Crippen molar-refractivity contribution in [3.05, 3.63) is 70.3 Å². The minimum Gasteiger partial charge on any atom is -0.477 e. The number of pyridine rings is 1. The molecule has 0 N–H and O–H groups in total. The number of aryl methyl sites for hydroxylation is 1. The van der Waals surface area contributed by atoms with Gasteiger partial charge < -0.3 is 14.5 Å². The van der Waals surface area contributed by atoms with Crippen molar-refractivity contribution < 1.29 is 9.53 Å². The summed E-state index contributed by atoms with van der Waals surface area (Å²) in [7, 11) is 0. The van der Waals surface area contributed by atoms with E-state index in [-0.39, 0.29) is 11.5 Å². The van der Waals surface area contributed by atoms with Gasteiger partial charge in [0.05, 0.1) is 24.5 Å². The number of benzene rings is 1. The molecule has 1 saturated heterocycles. The van der Waals surface area contributed by atoms with Crippen LogP contribution in [0.3, 0.4) is 0 Å². The van der Waals surface area contributed by atoms with Crippen LogP contribution in [0.25, 0.3) is 5.65 Å². The highest BCUT2D eigenvalue weighted by molar-refractivity contribution is 5.83. The normalized spacial score (nSPS) is 18.5. The van der Waals surface area contributed by atoms with E-state index in [2.05, 4.69) is 9.88 Å². The molecule has 160 valence electrons. The van der Waals surface area contributed by atoms with Crippen LogP contribution in [0.5, 0.6) is 5.75 Å². The summed E-state index contributed by atoms with van der Waals surface area (Å²) >= 11 is 0. The predicted octanol–water partition coefficient (Wildman–Crippen LogP) is 2.78. The van der Waals surface area contributed by atoms with Gasteiger partial charge in [-0.15, -0.1) is 0 Å². The van der Waals surface area contributed by atoms with Crippen LogP contribution < -0.4 is 15.2 Å². The first-order chi connectivity index (χ1) is 15.1. The van der Waals surface area contributed by atoms with E-state index in [0.717, 1.165) is 37.2 Å². The van der Waals surface area contributed by atoms with Gasteiger partial charge in [-0.3, -0.25) is 14.0 Å². The molecule has 7 nitrogen and oxygen atoms in total. The fraction of sp³-hybridized carbons (Fsp3) is 0.375. The Labute approximate surface area is 180 Å². The molecule has 2 aliphatic rings. The highest BCUT2D eigenvalue weighted by Gasteiger charge is 2.34. The molecule has 1 aromatic carbocycles. The minimum atomic E-state index is -0.558. The zero-order valence-electron chi connectivity index (χ0n) is 17.7. The zero-order chi connectivity index (χ0) is 21.4. The van der Waals surface area contributed by atoms with Gasteiger partial charge in [-0.05, 0) is 49.9 Å². The smallest absolute Gasteiger partial charge is 0.265 e. The Bertz CT molecular complexity index is 1180. The lowest BCUT2D eigenvalue weighted by atomic mass is 10.1. The molecule has 1 fully saturated rings. The van der Waals surface area contributed by atoms with Crippen LogP contribution in [-0.4, -0.2) is 45.9 Å². The van der Waals surface area contributed by atoms with E-state index in [4.69, 9.17) is 4.74 Å². The second-order valence-electron chi connectivity index (χ2n) is 8.36. The van der Waals surface area contributed by atoms with Gasteiger partial charge in [0.25, 0.3) is 11.5 Å². The highest BCUT2D eigenvalue weighted by atomic mass is 16.5. The average molecular weight is 418 g/mol. The van der Waals surface area contributed by atoms with Crippen LogP contribution in [0.15, 0.2) is 53.5 Å². The molecule has 5 rings (SSSR count). The molecule has 0 unspecified atom stereocenters. The monoisotopic (exact) mass is 418 g/mol. The summed E-state index contributed by atoms with van der Waals surface area (Å²) in [6, 6.07) is 13.1. The molecule has 2 aromatic heterocycles. The molecule has 2 aliphatic heterocycles. The summed E-state index contributed by atoms with van der Waals surface area (Å²) in [6.45, 7) is 4.40. The van der Waals surface area contributed by atoms with Crippen LogP contribution in [0.1, 0.15) is 30.5 Å². The van der Waals surface area contributed by atoms with E-state index in [9.17, 15) is 9.59 Å². The van der Waals surface area contributed by atoms with Crippen LogP contribution in [0, 0.1) is 6.92 Å².